The van der Waals surface area contributed by atoms with E-state index in [0.717, 1.165) is 25.1 Å². The third-order valence-corrected chi connectivity index (χ3v) is 3.69. The molecule has 0 saturated carbocycles. The van der Waals surface area contributed by atoms with Gasteiger partial charge in [-0.1, -0.05) is 0 Å². The second-order valence-electron chi connectivity index (χ2n) is 5.20. The Morgan fingerprint density at radius 2 is 2.24 bits per heavy atom. The molecule has 1 fully saturated rings. The van der Waals surface area contributed by atoms with E-state index in [1.54, 1.807) is 23.1 Å². The van der Waals surface area contributed by atoms with E-state index in [9.17, 15) is 4.79 Å². The summed E-state index contributed by atoms with van der Waals surface area (Å²) in [6, 6.07) is 7.29. The Morgan fingerprint density at radius 3 is 2.86 bits per heavy atom. The molecule has 2 unspecified atom stereocenters. The predicted molar refractivity (Wildman–Crippen MR) is 77.3 cm³/mol. The van der Waals surface area contributed by atoms with Gasteiger partial charge in [0.15, 0.2) is 0 Å². The molecule has 0 aliphatic carbocycles. The molecule has 1 saturated heterocycles. The van der Waals surface area contributed by atoms with Crippen molar-refractivity contribution in [3.05, 3.63) is 42.5 Å². The average Bonchev–Trinajstić information content (AvgIpc) is 3.20. The molecular weight excluding hydrogens is 268 g/mol. The summed E-state index contributed by atoms with van der Waals surface area (Å²) in [5, 5.41) is 7.04. The number of carbonyl (C=O) groups excluding carboxylic acids is 1. The minimum Gasteiger partial charge on any atom is -0.376 e. The van der Waals surface area contributed by atoms with E-state index in [-0.39, 0.29) is 18.1 Å². The first kappa shape index (κ1) is 13.8. The Morgan fingerprint density at radius 1 is 1.43 bits per heavy atom. The molecule has 0 spiro atoms. The number of ether oxygens (including phenoxy) is 1. The van der Waals surface area contributed by atoms with Crippen molar-refractivity contribution in [1.82, 2.24) is 20.1 Å². The zero-order chi connectivity index (χ0) is 14.7. The van der Waals surface area contributed by atoms with Crippen LogP contribution in [0.4, 0.5) is 0 Å². The number of carbonyl (C=O) groups is 1. The molecule has 2 aromatic rings. The molecule has 2 atom stereocenters. The highest BCUT2D eigenvalue weighted by molar-refractivity contribution is 5.94. The number of amides is 1. The van der Waals surface area contributed by atoms with Crippen molar-refractivity contribution in [1.29, 1.82) is 0 Å². The van der Waals surface area contributed by atoms with Crippen LogP contribution in [0.15, 0.2) is 36.9 Å². The van der Waals surface area contributed by atoms with Gasteiger partial charge in [-0.15, -0.1) is 0 Å². The van der Waals surface area contributed by atoms with Crippen molar-refractivity contribution in [2.24, 2.45) is 0 Å². The summed E-state index contributed by atoms with van der Waals surface area (Å²) in [7, 11) is 0. The number of nitrogens with zero attached hydrogens (tertiary/aromatic N) is 3. The number of hydrogen-bond acceptors (Lipinski definition) is 4. The normalized spacial score (nSPS) is 19.4. The zero-order valence-electron chi connectivity index (χ0n) is 11.9. The van der Waals surface area contributed by atoms with Crippen molar-refractivity contribution in [2.45, 2.75) is 31.9 Å². The van der Waals surface area contributed by atoms with Gasteiger partial charge in [0.25, 0.3) is 5.91 Å². The van der Waals surface area contributed by atoms with Gasteiger partial charge in [0.05, 0.1) is 17.8 Å². The summed E-state index contributed by atoms with van der Waals surface area (Å²) in [5.74, 6) is -0.0804. The van der Waals surface area contributed by atoms with Crippen molar-refractivity contribution < 1.29 is 9.53 Å². The maximum absolute atomic E-state index is 12.2. The Balaban J connectivity index is 1.64. The minimum atomic E-state index is -0.0804. The second-order valence-corrected chi connectivity index (χ2v) is 5.20. The van der Waals surface area contributed by atoms with Gasteiger partial charge in [0, 0.05) is 12.2 Å². The van der Waals surface area contributed by atoms with Crippen LogP contribution >= 0.6 is 0 Å². The smallest absolute Gasteiger partial charge is 0.251 e. The Bertz CT molecular complexity index is 589. The molecule has 21 heavy (non-hydrogen) atoms. The van der Waals surface area contributed by atoms with Crippen LogP contribution in [0.2, 0.25) is 0 Å². The lowest BCUT2D eigenvalue weighted by Gasteiger charge is -2.20. The van der Waals surface area contributed by atoms with E-state index in [1.165, 1.54) is 6.33 Å². The van der Waals surface area contributed by atoms with E-state index in [0.29, 0.717) is 5.56 Å². The summed E-state index contributed by atoms with van der Waals surface area (Å²) in [6.45, 7) is 2.77. The van der Waals surface area contributed by atoms with Crippen molar-refractivity contribution >= 4 is 5.91 Å². The monoisotopic (exact) mass is 286 g/mol. The Kier molecular flexibility index (Phi) is 3.96. The third kappa shape index (κ3) is 3.11. The SMILES string of the molecule is CC(NC(=O)c1ccc(-n2cncn2)cc1)C1CCCO1. The first-order valence-corrected chi connectivity index (χ1v) is 7.11. The molecule has 3 rings (SSSR count). The van der Waals surface area contributed by atoms with Gasteiger partial charge < -0.3 is 10.1 Å². The van der Waals surface area contributed by atoms with Crippen LogP contribution in [0.5, 0.6) is 0 Å². The number of rotatable bonds is 4. The summed E-state index contributed by atoms with van der Waals surface area (Å²) < 4.78 is 7.24. The van der Waals surface area contributed by atoms with Gasteiger partial charge in [-0.2, -0.15) is 5.10 Å². The van der Waals surface area contributed by atoms with E-state index in [1.807, 2.05) is 19.1 Å². The predicted octanol–water partition coefficient (Wildman–Crippen LogP) is 1.56. The summed E-state index contributed by atoms with van der Waals surface area (Å²) in [5.41, 5.74) is 1.50. The first-order valence-electron chi connectivity index (χ1n) is 7.11. The molecular formula is C15H18N4O2. The molecule has 1 aliphatic rings. The van der Waals surface area contributed by atoms with Crippen LogP contribution in [0.25, 0.3) is 5.69 Å². The lowest BCUT2D eigenvalue weighted by Crippen LogP contribution is -2.40. The van der Waals surface area contributed by atoms with Crippen LogP contribution in [0.1, 0.15) is 30.1 Å². The van der Waals surface area contributed by atoms with Gasteiger partial charge in [-0.05, 0) is 44.0 Å². The van der Waals surface area contributed by atoms with Gasteiger partial charge in [0.1, 0.15) is 12.7 Å². The maximum Gasteiger partial charge on any atom is 0.251 e. The molecule has 1 N–H and O–H groups in total. The topological polar surface area (TPSA) is 69.0 Å². The van der Waals surface area contributed by atoms with Gasteiger partial charge in [-0.25, -0.2) is 9.67 Å². The van der Waals surface area contributed by atoms with Crippen LogP contribution in [0, 0.1) is 0 Å². The summed E-state index contributed by atoms with van der Waals surface area (Å²) in [4.78, 5) is 16.1. The second kappa shape index (κ2) is 6.05. The van der Waals surface area contributed by atoms with Crippen molar-refractivity contribution in [3.63, 3.8) is 0 Å². The maximum atomic E-state index is 12.2. The summed E-state index contributed by atoms with van der Waals surface area (Å²) in [6.07, 6.45) is 5.30. The van der Waals surface area contributed by atoms with Gasteiger partial charge >= 0.3 is 0 Å². The average molecular weight is 286 g/mol. The molecule has 1 aromatic heterocycles. The number of aromatic nitrogens is 3. The minimum absolute atomic E-state index is 0.0231. The largest absolute Gasteiger partial charge is 0.376 e. The highest BCUT2D eigenvalue weighted by atomic mass is 16.5. The van der Waals surface area contributed by atoms with E-state index in [4.69, 9.17) is 4.74 Å². The van der Waals surface area contributed by atoms with Gasteiger partial charge in [-0.3, -0.25) is 4.79 Å². The Labute approximate surface area is 123 Å². The molecule has 6 nitrogen and oxygen atoms in total. The summed E-state index contributed by atoms with van der Waals surface area (Å²) >= 11 is 0. The molecule has 1 amide bonds. The standard InChI is InChI=1S/C15H18N4O2/c1-11(14-3-2-8-21-14)18-15(20)12-4-6-13(7-5-12)19-10-16-9-17-19/h4-7,9-11,14H,2-3,8H2,1H3,(H,18,20). The van der Waals surface area contributed by atoms with E-state index in [2.05, 4.69) is 15.4 Å². The number of hydrogen-bond donors (Lipinski definition) is 1. The quantitative estimate of drug-likeness (QED) is 0.926. The molecule has 6 heteroatoms. The molecule has 0 radical (unpaired) electrons. The van der Waals surface area contributed by atoms with Crippen molar-refractivity contribution in [3.8, 4) is 5.69 Å². The highest BCUT2D eigenvalue weighted by Crippen LogP contribution is 2.16. The van der Waals surface area contributed by atoms with Crippen LogP contribution in [0.3, 0.4) is 0 Å². The van der Waals surface area contributed by atoms with Gasteiger partial charge in [0.2, 0.25) is 0 Å². The van der Waals surface area contributed by atoms with E-state index >= 15 is 0 Å². The van der Waals surface area contributed by atoms with Crippen LogP contribution in [-0.2, 0) is 4.74 Å². The fourth-order valence-electron chi connectivity index (χ4n) is 2.49. The molecule has 1 aromatic carbocycles. The fourth-order valence-corrected chi connectivity index (χ4v) is 2.49. The molecule has 0 bridgehead atoms. The zero-order valence-corrected chi connectivity index (χ0v) is 11.9. The third-order valence-electron chi connectivity index (χ3n) is 3.69. The molecule has 2 heterocycles. The van der Waals surface area contributed by atoms with Crippen molar-refractivity contribution in [2.75, 3.05) is 6.61 Å². The first-order chi connectivity index (χ1) is 10.2. The van der Waals surface area contributed by atoms with Crippen LogP contribution in [-0.4, -0.2) is 39.4 Å². The lowest BCUT2D eigenvalue weighted by atomic mass is 10.1. The number of nitrogens with one attached hydrogen (secondary N) is 1. The Hall–Kier alpha value is -2.21. The molecule has 110 valence electrons. The van der Waals surface area contributed by atoms with E-state index < -0.39 is 0 Å². The highest BCUT2D eigenvalue weighted by Gasteiger charge is 2.23. The van der Waals surface area contributed by atoms with Crippen LogP contribution < -0.4 is 5.32 Å². The fraction of sp³-hybridized carbons (Fsp3) is 0.400. The molecule has 1 aliphatic heterocycles. The lowest BCUT2D eigenvalue weighted by molar-refractivity contribution is 0.0712. The number of benzene rings is 1.